The van der Waals surface area contributed by atoms with Crippen LogP contribution in [0.3, 0.4) is 0 Å². The number of nitrogens with zero attached hydrogens (tertiary/aromatic N) is 3. The number of halogens is 2. The van der Waals surface area contributed by atoms with E-state index in [-0.39, 0.29) is 11.7 Å². The van der Waals surface area contributed by atoms with E-state index >= 15 is 0 Å². The van der Waals surface area contributed by atoms with Crippen LogP contribution in [0.4, 0.5) is 19.3 Å². The largest absolute Gasteiger partial charge is 0.325 e. The molecule has 42 heavy (non-hydrogen) atoms. The third kappa shape index (κ3) is 9.44. The fourth-order valence-corrected chi connectivity index (χ4v) is 5.73. The first-order chi connectivity index (χ1) is 20.5. The molecule has 222 valence electrons. The summed E-state index contributed by atoms with van der Waals surface area (Å²) >= 11 is 1.74. The molecule has 0 fully saturated rings. The Hall–Kier alpha value is -3.65. The van der Waals surface area contributed by atoms with Crippen molar-refractivity contribution in [2.45, 2.75) is 63.4 Å². The van der Waals surface area contributed by atoms with Crippen LogP contribution in [-0.4, -0.2) is 39.3 Å². The van der Waals surface area contributed by atoms with Crippen molar-refractivity contribution in [2.24, 2.45) is 0 Å². The molecule has 0 aliphatic rings. The van der Waals surface area contributed by atoms with Crippen molar-refractivity contribution in [3.8, 4) is 16.9 Å². The topological polar surface area (TPSA) is 50.2 Å². The minimum Gasteiger partial charge on any atom is -0.325 e. The summed E-state index contributed by atoms with van der Waals surface area (Å²) < 4.78 is 29.6. The number of carbonyl (C=O) groups is 1. The van der Waals surface area contributed by atoms with Gasteiger partial charge in [-0.3, -0.25) is 4.57 Å². The maximum absolute atomic E-state index is 14.1. The van der Waals surface area contributed by atoms with E-state index in [0.717, 1.165) is 84.9 Å². The molecule has 2 amide bonds. The van der Waals surface area contributed by atoms with Gasteiger partial charge in [-0.05, 0) is 43.5 Å². The molecule has 0 aliphatic heterocycles. The van der Waals surface area contributed by atoms with Crippen molar-refractivity contribution in [1.29, 1.82) is 0 Å². The summed E-state index contributed by atoms with van der Waals surface area (Å²) in [5.74, 6) is -0.534. The molecule has 0 spiro atoms. The van der Waals surface area contributed by atoms with Crippen LogP contribution in [0.1, 0.15) is 58.3 Å². The molecule has 0 radical (unpaired) electrons. The molecule has 4 rings (SSSR count). The van der Waals surface area contributed by atoms with E-state index in [9.17, 15) is 13.6 Å². The van der Waals surface area contributed by atoms with Gasteiger partial charge in [-0.1, -0.05) is 99.3 Å². The molecule has 1 heterocycles. The smallest absolute Gasteiger partial charge is 0.321 e. The number of hydrogen-bond donors (Lipinski definition) is 1. The number of amides is 2. The van der Waals surface area contributed by atoms with Gasteiger partial charge in [-0.15, -0.1) is 0 Å². The number of rotatable bonds is 16. The molecule has 1 aromatic heterocycles. The molecule has 3 aromatic carbocycles. The van der Waals surface area contributed by atoms with Gasteiger partial charge in [-0.25, -0.2) is 18.6 Å². The van der Waals surface area contributed by atoms with Crippen LogP contribution in [0.5, 0.6) is 0 Å². The lowest BCUT2D eigenvalue weighted by Gasteiger charge is -2.23. The summed E-state index contributed by atoms with van der Waals surface area (Å²) in [5, 5.41) is 3.58. The van der Waals surface area contributed by atoms with Gasteiger partial charge in [0.15, 0.2) is 5.16 Å². The minimum absolute atomic E-state index is 0.00225. The van der Waals surface area contributed by atoms with Gasteiger partial charge in [0, 0.05) is 42.4 Å². The number of benzene rings is 3. The number of imidazole rings is 1. The number of hydrogen-bond acceptors (Lipinski definition) is 3. The lowest BCUT2D eigenvalue weighted by atomic mass is 10.1. The van der Waals surface area contributed by atoms with Crippen LogP contribution in [0.15, 0.2) is 90.2 Å². The summed E-state index contributed by atoms with van der Waals surface area (Å²) in [6, 6.07) is 23.3. The fourth-order valence-electron chi connectivity index (χ4n) is 4.74. The number of anilines is 1. The van der Waals surface area contributed by atoms with E-state index in [2.05, 4.69) is 47.3 Å². The summed E-state index contributed by atoms with van der Waals surface area (Å²) in [6.07, 6.45) is 10.3. The van der Waals surface area contributed by atoms with Gasteiger partial charge in [0.2, 0.25) is 0 Å². The van der Waals surface area contributed by atoms with Gasteiger partial charge < -0.3 is 10.2 Å². The van der Waals surface area contributed by atoms with Crippen LogP contribution >= 0.6 is 11.8 Å². The predicted octanol–water partition coefficient (Wildman–Crippen LogP) is 9.58. The van der Waals surface area contributed by atoms with Crippen molar-refractivity contribution in [2.75, 3.05) is 24.2 Å². The second kappa shape index (κ2) is 16.7. The van der Waals surface area contributed by atoms with Crippen LogP contribution < -0.4 is 5.32 Å². The molecule has 8 heteroatoms. The highest BCUT2D eigenvalue weighted by atomic mass is 32.2. The zero-order valence-corrected chi connectivity index (χ0v) is 25.1. The van der Waals surface area contributed by atoms with E-state index in [1.165, 1.54) is 12.5 Å². The molecular formula is C34H40F2N4OS. The lowest BCUT2D eigenvalue weighted by molar-refractivity contribution is 0.209. The van der Waals surface area contributed by atoms with E-state index < -0.39 is 11.6 Å². The Kier molecular flexibility index (Phi) is 12.4. The van der Waals surface area contributed by atoms with Crippen molar-refractivity contribution in [3.63, 3.8) is 0 Å². The van der Waals surface area contributed by atoms with E-state index in [0.29, 0.717) is 13.1 Å². The molecular weight excluding hydrogens is 550 g/mol. The molecule has 0 saturated carbocycles. The van der Waals surface area contributed by atoms with E-state index in [1.54, 1.807) is 16.7 Å². The van der Waals surface area contributed by atoms with Crippen LogP contribution in [0.2, 0.25) is 0 Å². The molecule has 0 atom stereocenters. The Morgan fingerprint density at radius 3 is 2.21 bits per heavy atom. The van der Waals surface area contributed by atoms with E-state index in [1.807, 2.05) is 36.4 Å². The van der Waals surface area contributed by atoms with Crippen LogP contribution in [-0.2, 0) is 0 Å². The second-order valence-electron chi connectivity index (χ2n) is 10.3. The molecule has 0 aliphatic carbocycles. The van der Waals surface area contributed by atoms with Crippen molar-refractivity contribution in [1.82, 2.24) is 14.5 Å². The number of carbonyl (C=O) groups excluding carboxylic acids is 1. The van der Waals surface area contributed by atoms with Gasteiger partial charge in [0.25, 0.3) is 0 Å². The number of unbranched alkanes of at least 4 members (excludes halogenated alkanes) is 6. The Morgan fingerprint density at radius 2 is 1.52 bits per heavy atom. The Morgan fingerprint density at radius 1 is 0.857 bits per heavy atom. The van der Waals surface area contributed by atoms with Gasteiger partial charge in [-0.2, -0.15) is 0 Å². The van der Waals surface area contributed by atoms with E-state index in [4.69, 9.17) is 4.98 Å². The number of urea groups is 1. The van der Waals surface area contributed by atoms with Crippen molar-refractivity contribution >= 4 is 23.5 Å². The third-order valence-corrected chi connectivity index (χ3v) is 8.11. The number of nitrogens with one attached hydrogen (secondary N) is 1. The molecule has 4 aromatic rings. The van der Waals surface area contributed by atoms with Crippen LogP contribution in [0.25, 0.3) is 16.9 Å². The Labute approximate surface area is 252 Å². The van der Waals surface area contributed by atoms with Gasteiger partial charge in [0.1, 0.15) is 11.6 Å². The normalized spacial score (nSPS) is 11.0. The highest BCUT2D eigenvalue weighted by molar-refractivity contribution is 7.99. The average molecular weight is 591 g/mol. The minimum atomic E-state index is -0.771. The first kappa shape index (κ1) is 31.3. The van der Waals surface area contributed by atoms with Crippen molar-refractivity contribution < 1.29 is 13.6 Å². The quantitative estimate of drug-likeness (QED) is 0.104. The van der Waals surface area contributed by atoms with Crippen molar-refractivity contribution in [3.05, 3.63) is 96.7 Å². The highest BCUT2D eigenvalue weighted by Gasteiger charge is 2.16. The monoisotopic (exact) mass is 590 g/mol. The Bertz CT molecular complexity index is 1380. The van der Waals surface area contributed by atoms with Gasteiger partial charge in [0.05, 0.1) is 11.4 Å². The zero-order valence-electron chi connectivity index (χ0n) is 24.3. The first-order valence-electron chi connectivity index (χ1n) is 14.9. The maximum atomic E-state index is 14.1. The Balaban J connectivity index is 1.30. The standard InChI is InChI=1S/C34H40F2N4OS/c1-2-3-4-5-13-22-39(33(41)37-31-21-20-28(35)25-30(31)36)23-14-8-15-24-42-34-38-32(27-16-9-6-10-17-27)26-40(34)29-18-11-7-12-19-29/h6-7,9-12,16-21,25-26H,2-5,8,13-15,22-24H2,1H3,(H,37,41). The predicted molar refractivity (Wildman–Crippen MR) is 169 cm³/mol. The molecule has 0 bridgehead atoms. The number of aromatic nitrogens is 2. The summed E-state index contributed by atoms with van der Waals surface area (Å²) in [5.41, 5.74) is 3.10. The van der Waals surface area contributed by atoms with Crippen LogP contribution in [0, 0.1) is 11.6 Å². The fraction of sp³-hybridized carbons (Fsp3) is 0.353. The lowest BCUT2D eigenvalue weighted by Crippen LogP contribution is -2.36. The molecule has 0 unspecified atom stereocenters. The van der Waals surface area contributed by atoms with Gasteiger partial charge >= 0.3 is 6.03 Å². The summed E-state index contributed by atoms with van der Waals surface area (Å²) in [7, 11) is 0. The number of para-hydroxylation sites is 1. The molecule has 1 N–H and O–H groups in total. The molecule has 0 saturated heterocycles. The molecule has 5 nitrogen and oxygen atoms in total. The average Bonchev–Trinajstić information content (AvgIpc) is 3.44. The summed E-state index contributed by atoms with van der Waals surface area (Å²) in [4.78, 5) is 19.7. The highest BCUT2D eigenvalue weighted by Crippen LogP contribution is 2.28. The maximum Gasteiger partial charge on any atom is 0.321 e. The second-order valence-corrected chi connectivity index (χ2v) is 11.4. The summed E-state index contributed by atoms with van der Waals surface area (Å²) in [6.45, 7) is 3.38. The first-order valence-corrected chi connectivity index (χ1v) is 15.9. The third-order valence-electron chi connectivity index (χ3n) is 7.07. The number of thioether (sulfide) groups is 1. The zero-order chi connectivity index (χ0) is 29.6. The SMILES string of the molecule is CCCCCCCN(CCCCCSc1nc(-c2ccccc2)cn1-c1ccccc1)C(=O)Nc1ccc(F)cc1F.